The van der Waals surface area contributed by atoms with Crippen LogP contribution < -0.4 is 11.1 Å². The summed E-state index contributed by atoms with van der Waals surface area (Å²) in [5.41, 5.74) is 10.2. The van der Waals surface area contributed by atoms with Crippen molar-refractivity contribution >= 4 is 17.2 Å². The van der Waals surface area contributed by atoms with E-state index in [0.717, 1.165) is 36.1 Å². The number of nitrogens with two attached hydrogens (primary N) is 1. The Morgan fingerprint density at radius 3 is 2.83 bits per heavy atom. The van der Waals surface area contributed by atoms with Gasteiger partial charge in [-0.2, -0.15) is 5.10 Å². The molecule has 0 spiro atoms. The molecule has 4 rings (SSSR count). The molecule has 1 aliphatic carbocycles. The molecule has 0 aliphatic heterocycles. The number of pyridine rings is 1. The minimum Gasteiger partial charge on any atom is -0.328 e. The lowest BCUT2D eigenvalue weighted by Gasteiger charge is -2.32. The zero-order valence-corrected chi connectivity index (χ0v) is 17.2. The van der Waals surface area contributed by atoms with E-state index in [1.165, 1.54) is 0 Å². The minimum atomic E-state index is -0.245. The molecule has 0 radical (unpaired) electrons. The summed E-state index contributed by atoms with van der Waals surface area (Å²) >= 11 is 0. The molecule has 152 valence electrons. The van der Waals surface area contributed by atoms with Gasteiger partial charge < -0.3 is 11.1 Å². The van der Waals surface area contributed by atoms with Gasteiger partial charge in [-0.05, 0) is 54.7 Å². The van der Waals surface area contributed by atoms with Gasteiger partial charge in [-0.25, -0.2) is 9.50 Å². The van der Waals surface area contributed by atoms with Crippen LogP contribution in [-0.2, 0) is 0 Å². The summed E-state index contributed by atoms with van der Waals surface area (Å²) in [4.78, 5) is 21.8. The molecular weight excluding hydrogens is 364 g/mol. The molecule has 29 heavy (non-hydrogen) atoms. The van der Waals surface area contributed by atoms with E-state index in [1.54, 1.807) is 35.4 Å². The number of amides is 1. The highest BCUT2D eigenvalue weighted by atomic mass is 16.1. The Labute approximate surface area is 170 Å². The summed E-state index contributed by atoms with van der Waals surface area (Å²) < 4.78 is 1.70. The van der Waals surface area contributed by atoms with Gasteiger partial charge >= 0.3 is 0 Å². The maximum atomic E-state index is 13.0. The quantitative estimate of drug-likeness (QED) is 0.705. The number of carbonyl (C=O) groups is 1. The molecule has 1 saturated carbocycles. The largest absolute Gasteiger partial charge is 0.328 e. The molecule has 3 atom stereocenters. The standard InChI is InChI=1S/C22H28N6O/c1-13(2)18-11-25-28-7-5-19(26-21(18)28)22(29)27-20-12-24-6-4-17(20)15-8-14(3)9-16(23)10-15/h4-7,11-16H,8-10,23H2,1-3H3,(H,27,29)/t14-,15+,16-/m0/s1. The lowest BCUT2D eigenvalue weighted by atomic mass is 9.76. The number of carbonyl (C=O) groups excluding carboxylic acids is 1. The molecule has 3 aromatic heterocycles. The zero-order chi connectivity index (χ0) is 20.5. The van der Waals surface area contributed by atoms with Crippen LogP contribution in [0.5, 0.6) is 0 Å². The molecule has 1 fully saturated rings. The fourth-order valence-corrected chi connectivity index (χ4v) is 4.38. The van der Waals surface area contributed by atoms with Gasteiger partial charge in [-0.15, -0.1) is 0 Å². The van der Waals surface area contributed by atoms with Crippen molar-refractivity contribution in [2.24, 2.45) is 11.7 Å². The first kappa shape index (κ1) is 19.5. The molecule has 7 heteroatoms. The molecule has 1 aliphatic rings. The van der Waals surface area contributed by atoms with Crippen molar-refractivity contribution in [3.8, 4) is 0 Å². The molecule has 1 amide bonds. The Morgan fingerprint density at radius 2 is 2.07 bits per heavy atom. The summed E-state index contributed by atoms with van der Waals surface area (Å²) in [6.07, 6.45) is 10.1. The van der Waals surface area contributed by atoms with Crippen molar-refractivity contribution in [3.63, 3.8) is 0 Å². The van der Waals surface area contributed by atoms with Gasteiger partial charge in [-0.3, -0.25) is 9.78 Å². The van der Waals surface area contributed by atoms with Crippen molar-refractivity contribution in [2.75, 3.05) is 5.32 Å². The van der Waals surface area contributed by atoms with E-state index in [2.05, 4.69) is 41.2 Å². The molecule has 0 unspecified atom stereocenters. The average molecular weight is 393 g/mol. The highest BCUT2D eigenvalue weighted by Crippen LogP contribution is 2.38. The van der Waals surface area contributed by atoms with Crippen LogP contribution in [0, 0.1) is 5.92 Å². The lowest BCUT2D eigenvalue weighted by Crippen LogP contribution is -2.31. The molecule has 0 aromatic carbocycles. The van der Waals surface area contributed by atoms with Gasteiger partial charge in [0, 0.05) is 24.0 Å². The Kier molecular flexibility index (Phi) is 5.32. The minimum absolute atomic E-state index is 0.195. The molecular formula is C22H28N6O. The first-order valence-corrected chi connectivity index (χ1v) is 10.3. The fourth-order valence-electron chi connectivity index (χ4n) is 4.38. The first-order chi connectivity index (χ1) is 13.9. The maximum absolute atomic E-state index is 13.0. The Balaban J connectivity index is 1.61. The molecule has 3 aromatic rings. The predicted molar refractivity (Wildman–Crippen MR) is 113 cm³/mol. The van der Waals surface area contributed by atoms with Crippen LogP contribution in [0.3, 0.4) is 0 Å². The normalized spacial score (nSPS) is 22.2. The Bertz CT molecular complexity index is 1020. The van der Waals surface area contributed by atoms with Gasteiger partial charge in [0.2, 0.25) is 0 Å². The Hall–Kier alpha value is -2.80. The van der Waals surface area contributed by atoms with E-state index in [9.17, 15) is 4.79 Å². The van der Waals surface area contributed by atoms with Crippen LogP contribution in [-0.4, -0.2) is 31.5 Å². The summed E-state index contributed by atoms with van der Waals surface area (Å²) in [7, 11) is 0. The van der Waals surface area contributed by atoms with Crippen LogP contribution in [0.25, 0.3) is 5.65 Å². The van der Waals surface area contributed by atoms with E-state index < -0.39 is 0 Å². The van der Waals surface area contributed by atoms with Gasteiger partial charge in [0.25, 0.3) is 5.91 Å². The molecule has 7 nitrogen and oxygen atoms in total. The first-order valence-electron chi connectivity index (χ1n) is 10.3. The number of rotatable bonds is 4. The van der Waals surface area contributed by atoms with E-state index in [-0.39, 0.29) is 17.9 Å². The van der Waals surface area contributed by atoms with Crippen molar-refractivity contribution in [2.45, 2.75) is 57.9 Å². The van der Waals surface area contributed by atoms with Crippen LogP contribution in [0.4, 0.5) is 5.69 Å². The predicted octanol–water partition coefficient (Wildman–Crippen LogP) is 3.73. The molecule has 3 heterocycles. The van der Waals surface area contributed by atoms with Gasteiger partial charge in [-0.1, -0.05) is 20.8 Å². The topological polar surface area (TPSA) is 98.2 Å². The van der Waals surface area contributed by atoms with Crippen LogP contribution in [0.2, 0.25) is 0 Å². The van der Waals surface area contributed by atoms with E-state index in [1.807, 2.05) is 6.07 Å². The zero-order valence-electron chi connectivity index (χ0n) is 17.2. The van der Waals surface area contributed by atoms with Crippen molar-refractivity contribution in [1.29, 1.82) is 0 Å². The monoisotopic (exact) mass is 392 g/mol. The van der Waals surface area contributed by atoms with E-state index in [4.69, 9.17) is 5.73 Å². The number of hydrogen-bond acceptors (Lipinski definition) is 5. The fraction of sp³-hybridized carbons (Fsp3) is 0.455. The average Bonchev–Trinajstić information content (AvgIpc) is 3.11. The summed E-state index contributed by atoms with van der Waals surface area (Å²) in [5, 5.41) is 7.34. The molecule has 0 saturated heterocycles. The van der Waals surface area contributed by atoms with Gasteiger partial charge in [0.05, 0.1) is 18.1 Å². The highest BCUT2D eigenvalue weighted by Gasteiger charge is 2.27. The third-order valence-corrected chi connectivity index (χ3v) is 5.77. The van der Waals surface area contributed by atoms with Crippen LogP contribution >= 0.6 is 0 Å². The Morgan fingerprint density at radius 1 is 1.24 bits per heavy atom. The third kappa shape index (κ3) is 4.00. The highest BCUT2D eigenvalue weighted by molar-refractivity contribution is 6.03. The van der Waals surface area contributed by atoms with Crippen LogP contribution in [0.15, 0.2) is 36.9 Å². The number of fused-ring (bicyclic) bond motifs is 1. The van der Waals surface area contributed by atoms with Crippen molar-refractivity contribution in [3.05, 3.63) is 53.7 Å². The molecule has 0 bridgehead atoms. The second-order valence-corrected chi connectivity index (χ2v) is 8.52. The third-order valence-electron chi connectivity index (χ3n) is 5.77. The number of aromatic nitrogens is 4. The second kappa shape index (κ2) is 7.91. The number of anilines is 1. The SMILES string of the molecule is CC(C)c1cnn2ccc(C(=O)Nc3cnccc3[C@@H]3C[C@H](C)C[C@H](N)C3)nc12. The summed E-state index contributed by atoms with van der Waals surface area (Å²) in [6.45, 7) is 6.41. The van der Waals surface area contributed by atoms with Gasteiger partial charge in [0.15, 0.2) is 5.65 Å². The molecule has 3 N–H and O–H groups in total. The van der Waals surface area contributed by atoms with Crippen molar-refractivity contribution in [1.82, 2.24) is 19.6 Å². The second-order valence-electron chi connectivity index (χ2n) is 8.52. The van der Waals surface area contributed by atoms with E-state index >= 15 is 0 Å². The number of nitrogens with one attached hydrogen (secondary N) is 1. The smallest absolute Gasteiger partial charge is 0.274 e. The van der Waals surface area contributed by atoms with Crippen LogP contribution in [0.1, 0.15) is 73.5 Å². The lowest BCUT2D eigenvalue weighted by molar-refractivity contribution is 0.102. The van der Waals surface area contributed by atoms with Crippen molar-refractivity contribution < 1.29 is 4.79 Å². The number of nitrogens with zero attached hydrogens (tertiary/aromatic N) is 4. The van der Waals surface area contributed by atoms with E-state index in [0.29, 0.717) is 23.2 Å². The van der Waals surface area contributed by atoms with Gasteiger partial charge in [0.1, 0.15) is 5.69 Å². The summed E-state index contributed by atoms with van der Waals surface area (Å²) in [6, 6.07) is 3.88. The maximum Gasteiger partial charge on any atom is 0.274 e. The summed E-state index contributed by atoms with van der Waals surface area (Å²) in [5.74, 6) is 0.928. The number of hydrogen-bond donors (Lipinski definition) is 2.